The fourth-order valence-corrected chi connectivity index (χ4v) is 6.03. The van der Waals surface area contributed by atoms with Gasteiger partial charge in [-0.25, -0.2) is 4.98 Å². The van der Waals surface area contributed by atoms with Crippen LogP contribution in [0.5, 0.6) is 5.75 Å². The molecule has 3 aromatic rings. The van der Waals surface area contributed by atoms with E-state index < -0.39 is 6.10 Å². The zero-order valence-electron chi connectivity index (χ0n) is 17.3. The Morgan fingerprint density at radius 1 is 1.23 bits per heavy atom. The Bertz CT molecular complexity index is 1090. The smallest absolute Gasteiger partial charge is 0.275 e. The Hall–Kier alpha value is -2.22. The Morgan fingerprint density at radius 3 is 2.60 bits per heavy atom. The molecule has 4 heterocycles. The normalized spacial score (nSPS) is 25.0. The second-order valence-electron chi connectivity index (χ2n) is 8.66. The van der Waals surface area contributed by atoms with Crippen LogP contribution < -0.4 is 10.3 Å². The van der Waals surface area contributed by atoms with Gasteiger partial charge in [0.25, 0.3) is 5.56 Å². The monoisotopic (exact) mass is 425 g/mol. The summed E-state index contributed by atoms with van der Waals surface area (Å²) >= 11 is 1.41. The largest absolute Gasteiger partial charge is 0.490 e. The molecule has 2 aromatic heterocycles. The number of hydrogen-bond acceptors (Lipinski definition) is 6. The zero-order valence-corrected chi connectivity index (χ0v) is 18.1. The maximum Gasteiger partial charge on any atom is 0.275 e. The lowest BCUT2D eigenvalue weighted by Crippen LogP contribution is -2.43. The van der Waals surface area contributed by atoms with Crippen LogP contribution in [0.25, 0.3) is 15.9 Å². The van der Waals surface area contributed by atoms with E-state index in [-0.39, 0.29) is 11.7 Å². The van der Waals surface area contributed by atoms with E-state index in [4.69, 9.17) is 4.74 Å². The van der Waals surface area contributed by atoms with Crippen LogP contribution >= 0.6 is 11.3 Å². The molecule has 4 atom stereocenters. The highest BCUT2D eigenvalue weighted by Gasteiger charge is 2.39. The molecule has 1 aromatic carbocycles. The molecule has 1 N–H and O–H groups in total. The minimum Gasteiger partial charge on any atom is -0.490 e. The van der Waals surface area contributed by atoms with Crippen LogP contribution in [0.4, 0.5) is 0 Å². The first-order valence-electron chi connectivity index (χ1n) is 10.6. The third-order valence-corrected chi connectivity index (χ3v) is 7.59. The van der Waals surface area contributed by atoms with E-state index >= 15 is 0 Å². The maximum atomic E-state index is 13.0. The van der Waals surface area contributed by atoms with Crippen molar-refractivity contribution in [1.82, 2.24) is 14.5 Å². The molecule has 0 radical (unpaired) electrons. The van der Waals surface area contributed by atoms with Gasteiger partial charge in [-0.05, 0) is 70.0 Å². The van der Waals surface area contributed by atoms with Crippen molar-refractivity contribution in [1.29, 1.82) is 0 Å². The predicted molar refractivity (Wildman–Crippen MR) is 119 cm³/mol. The quantitative estimate of drug-likeness (QED) is 0.679. The fraction of sp³-hybridized carbons (Fsp3) is 0.478. The van der Waals surface area contributed by atoms with Gasteiger partial charge in [0.2, 0.25) is 0 Å². The molecule has 158 valence electrons. The van der Waals surface area contributed by atoms with Crippen molar-refractivity contribution < 1.29 is 9.84 Å². The molecular weight excluding hydrogens is 398 g/mol. The van der Waals surface area contributed by atoms with Crippen LogP contribution in [0.3, 0.4) is 0 Å². The number of aliphatic hydroxyl groups is 1. The van der Waals surface area contributed by atoms with Crippen LogP contribution in [0.2, 0.25) is 0 Å². The summed E-state index contributed by atoms with van der Waals surface area (Å²) in [7, 11) is 2.23. The standard InChI is InChI=1S/C23H27N3O3S/c1-14(27)9-20-12-21-22(30-20)23(28)26(13-24-21)15-5-7-18(8-6-15)29-19-10-16-3-4-17(11-19)25(16)2/h5-8,12-14,16-17,19,27H,3-4,9-11H2,1-2H3/t14?,16-,17+,19+. The SMILES string of the molecule is CC(O)Cc1cc2ncn(-c3ccc(O[C@H]4C[C@H]5CC[C@@H](C4)N5C)cc3)c(=O)c2s1. The summed E-state index contributed by atoms with van der Waals surface area (Å²) in [5, 5.41) is 9.61. The van der Waals surface area contributed by atoms with Gasteiger partial charge in [0.05, 0.1) is 17.3 Å². The molecule has 0 saturated carbocycles. The maximum absolute atomic E-state index is 13.0. The van der Waals surface area contributed by atoms with Gasteiger partial charge in [-0.3, -0.25) is 9.36 Å². The summed E-state index contributed by atoms with van der Waals surface area (Å²) in [6, 6.07) is 10.9. The first kappa shape index (κ1) is 19.7. The highest BCUT2D eigenvalue weighted by atomic mass is 32.1. The van der Waals surface area contributed by atoms with Crippen molar-refractivity contribution in [3.63, 3.8) is 0 Å². The van der Waals surface area contributed by atoms with Crippen LogP contribution in [0, 0.1) is 0 Å². The second kappa shape index (κ2) is 7.80. The molecule has 2 fully saturated rings. The van der Waals surface area contributed by atoms with Gasteiger partial charge in [-0.15, -0.1) is 11.3 Å². The Kier molecular flexibility index (Phi) is 5.13. The topological polar surface area (TPSA) is 67.6 Å². The van der Waals surface area contributed by atoms with Crippen molar-refractivity contribution in [2.75, 3.05) is 7.05 Å². The molecule has 1 unspecified atom stereocenters. The van der Waals surface area contributed by atoms with Gasteiger partial charge in [0, 0.05) is 23.4 Å². The van der Waals surface area contributed by atoms with Gasteiger partial charge < -0.3 is 14.7 Å². The minimum atomic E-state index is -0.437. The molecular formula is C23H27N3O3S. The average Bonchev–Trinajstić information content (AvgIpc) is 3.19. The number of rotatable bonds is 5. The van der Waals surface area contributed by atoms with Gasteiger partial charge in [-0.2, -0.15) is 0 Å². The molecule has 30 heavy (non-hydrogen) atoms. The number of thiophene rings is 1. The third kappa shape index (κ3) is 3.66. The van der Waals surface area contributed by atoms with Crippen LogP contribution in [-0.2, 0) is 6.42 Å². The number of ether oxygens (including phenoxy) is 1. The van der Waals surface area contributed by atoms with E-state index in [0.717, 1.165) is 29.2 Å². The number of fused-ring (bicyclic) bond motifs is 3. The number of hydrogen-bond donors (Lipinski definition) is 1. The van der Waals surface area contributed by atoms with E-state index in [1.165, 1.54) is 24.2 Å². The van der Waals surface area contributed by atoms with Gasteiger partial charge in [0.15, 0.2) is 0 Å². The van der Waals surface area contributed by atoms with Gasteiger partial charge >= 0.3 is 0 Å². The Labute approximate surface area is 179 Å². The molecule has 2 saturated heterocycles. The highest BCUT2D eigenvalue weighted by Crippen LogP contribution is 2.36. The minimum absolute atomic E-state index is 0.0811. The number of benzene rings is 1. The first-order chi connectivity index (χ1) is 14.5. The van der Waals surface area contributed by atoms with Gasteiger partial charge in [-0.1, -0.05) is 0 Å². The van der Waals surface area contributed by atoms with Crippen LogP contribution in [0.15, 0.2) is 41.5 Å². The lowest BCUT2D eigenvalue weighted by molar-refractivity contribution is 0.0662. The van der Waals surface area contributed by atoms with E-state index in [1.807, 2.05) is 30.3 Å². The summed E-state index contributed by atoms with van der Waals surface area (Å²) in [6.07, 6.45) is 6.67. The Balaban J connectivity index is 1.34. The zero-order chi connectivity index (χ0) is 20.8. The molecule has 0 amide bonds. The second-order valence-corrected chi connectivity index (χ2v) is 9.79. The summed E-state index contributed by atoms with van der Waals surface area (Å²) < 4.78 is 8.46. The Morgan fingerprint density at radius 2 is 1.93 bits per heavy atom. The summed E-state index contributed by atoms with van der Waals surface area (Å²) in [6.45, 7) is 1.75. The van der Waals surface area contributed by atoms with Crippen molar-refractivity contribution >= 4 is 21.6 Å². The molecule has 2 aliphatic heterocycles. The molecule has 2 bridgehead atoms. The van der Waals surface area contributed by atoms with E-state index in [2.05, 4.69) is 16.9 Å². The van der Waals surface area contributed by atoms with Gasteiger partial charge in [0.1, 0.15) is 22.9 Å². The van der Waals surface area contributed by atoms with Crippen molar-refractivity contribution in [3.05, 3.63) is 51.9 Å². The lowest BCUT2D eigenvalue weighted by atomic mass is 10.0. The molecule has 7 heteroatoms. The van der Waals surface area contributed by atoms with Crippen molar-refractivity contribution in [2.45, 2.75) is 63.3 Å². The highest BCUT2D eigenvalue weighted by molar-refractivity contribution is 7.18. The summed E-state index contributed by atoms with van der Waals surface area (Å²) in [5.74, 6) is 0.852. The van der Waals surface area contributed by atoms with Crippen molar-refractivity contribution in [3.8, 4) is 11.4 Å². The number of aliphatic hydroxyl groups excluding tert-OH is 1. The predicted octanol–water partition coefficient (Wildman–Crippen LogP) is 3.37. The summed E-state index contributed by atoms with van der Waals surface area (Å²) in [4.78, 5) is 20.9. The van der Waals surface area contributed by atoms with E-state index in [1.54, 1.807) is 17.8 Å². The molecule has 0 aliphatic carbocycles. The molecule has 5 rings (SSSR count). The first-order valence-corrected chi connectivity index (χ1v) is 11.5. The van der Waals surface area contributed by atoms with E-state index in [9.17, 15) is 9.90 Å². The number of aromatic nitrogens is 2. The number of piperidine rings is 1. The molecule has 6 nitrogen and oxygen atoms in total. The number of nitrogens with zero attached hydrogens (tertiary/aromatic N) is 3. The van der Waals surface area contributed by atoms with Crippen LogP contribution in [-0.4, -0.2) is 50.9 Å². The van der Waals surface area contributed by atoms with Crippen molar-refractivity contribution in [2.24, 2.45) is 0 Å². The summed E-state index contributed by atoms with van der Waals surface area (Å²) in [5.41, 5.74) is 1.38. The molecule has 2 aliphatic rings. The fourth-order valence-electron chi connectivity index (χ4n) is 4.87. The molecule has 0 spiro atoms. The third-order valence-electron chi connectivity index (χ3n) is 6.46. The lowest BCUT2D eigenvalue weighted by Gasteiger charge is -2.36. The van der Waals surface area contributed by atoms with E-state index in [0.29, 0.717) is 28.7 Å². The van der Waals surface area contributed by atoms with Crippen LogP contribution in [0.1, 0.15) is 37.5 Å². The average molecular weight is 426 g/mol.